The van der Waals surface area contributed by atoms with E-state index in [-0.39, 0.29) is 11.4 Å². The summed E-state index contributed by atoms with van der Waals surface area (Å²) in [6.07, 6.45) is 0.231. The number of rotatable bonds is 7. The van der Waals surface area contributed by atoms with Crippen LogP contribution in [0.5, 0.6) is 0 Å². The van der Waals surface area contributed by atoms with E-state index in [1.807, 2.05) is 12.1 Å². The van der Waals surface area contributed by atoms with Crippen LogP contribution in [-0.4, -0.2) is 63.6 Å². The summed E-state index contributed by atoms with van der Waals surface area (Å²) in [6.45, 7) is 4.92. The lowest BCUT2D eigenvalue weighted by atomic mass is 9.71. The SMILES string of the molecule is COC(=O)C(CNS(=O)(=O)c1ccc2ccccc2c1)(C(N)=O)[C@@H]1CCCN(C(=O)OC(C)(C)C)C1. The van der Waals surface area contributed by atoms with Crippen molar-refractivity contribution in [1.29, 1.82) is 0 Å². The number of sulfonamides is 1. The summed E-state index contributed by atoms with van der Waals surface area (Å²) >= 11 is 0. The third-order valence-electron chi connectivity index (χ3n) is 6.33. The highest BCUT2D eigenvalue weighted by Crippen LogP contribution is 2.36. The Labute approximate surface area is 211 Å². The number of carbonyl (C=O) groups is 3. The van der Waals surface area contributed by atoms with E-state index in [0.717, 1.165) is 17.9 Å². The molecule has 2 atom stereocenters. The lowest BCUT2D eigenvalue weighted by Crippen LogP contribution is -2.60. The van der Waals surface area contributed by atoms with Crippen LogP contribution in [0.15, 0.2) is 47.4 Å². The number of primary amides is 1. The molecule has 0 aliphatic carbocycles. The molecule has 1 aliphatic heterocycles. The standard InChI is InChI=1S/C25H33N3O7S/c1-24(2,3)35-23(31)28-13-7-10-19(15-28)25(21(26)29,22(30)34-4)16-27-36(32,33)20-12-11-17-8-5-6-9-18(17)14-20/h5-6,8-9,11-12,14,19,27H,7,10,13,15-16H2,1-4H3,(H2,26,29)/t19-,25?/m1/s1. The number of hydrogen-bond donors (Lipinski definition) is 2. The summed E-state index contributed by atoms with van der Waals surface area (Å²) in [5.74, 6) is -2.79. The number of carbonyl (C=O) groups excluding carboxylic acids is 3. The van der Waals surface area contributed by atoms with Gasteiger partial charge in [-0.3, -0.25) is 9.59 Å². The fraction of sp³-hybridized carbons (Fsp3) is 0.480. The van der Waals surface area contributed by atoms with Crippen molar-refractivity contribution >= 4 is 38.8 Å². The number of nitrogens with one attached hydrogen (secondary N) is 1. The Balaban J connectivity index is 1.90. The largest absolute Gasteiger partial charge is 0.468 e. The van der Waals surface area contributed by atoms with Crippen molar-refractivity contribution in [2.24, 2.45) is 17.1 Å². The molecule has 2 amide bonds. The number of methoxy groups -OCH3 is 1. The van der Waals surface area contributed by atoms with Gasteiger partial charge in [-0.15, -0.1) is 0 Å². The van der Waals surface area contributed by atoms with E-state index in [4.69, 9.17) is 15.2 Å². The Hall–Kier alpha value is -3.18. The molecule has 1 fully saturated rings. The fourth-order valence-electron chi connectivity index (χ4n) is 4.45. The molecule has 3 N–H and O–H groups in total. The molecule has 3 rings (SSSR count). The fourth-order valence-corrected chi connectivity index (χ4v) is 5.57. The molecule has 10 nitrogen and oxygen atoms in total. The minimum atomic E-state index is -4.12. The first-order chi connectivity index (χ1) is 16.8. The van der Waals surface area contributed by atoms with Crippen LogP contribution in [0.1, 0.15) is 33.6 Å². The molecule has 1 saturated heterocycles. The second-order valence-corrected chi connectivity index (χ2v) is 11.7. The van der Waals surface area contributed by atoms with Gasteiger partial charge in [-0.05, 0) is 56.5 Å². The van der Waals surface area contributed by atoms with E-state index in [9.17, 15) is 22.8 Å². The molecule has 0 saturated carbocycles. The number of amides is 2. The van der Waals surface area contributed by atoms with Gasteiger partial charge in [-0.25, -0.2) is 17.9 Å². The zero-order valence-electron chi connectivity index (χ0n) is 20.9. The molecule has 0 spiro atoms. The smallest absolute Gasteiger partial charge is 0.410 e. The number of hydrogen-bond acceptors (Lipinski definition) is 7. The number of ether oxygens (including phenoxy) is 2. The number of piperidine rings is 1. The van der Waals surface area contributed by atoms with E-state index in [1.165, 1.54) is 17.0 Å². The number of benzene rings is 2. The Morgan fingerprint density at radius 3 is 2.39 bits per heavy atom. The molecule has 36 heavy (non-hydrogen) atoms. The highest BCUT2D eigenvalue weighted by molar-refractivity contribution is 7.89. The number of esters is 1. The maximum absolute atomic E-state index is 13.2. The highest BCUT2D eigenvalue weighted by atomic mass is 32.2. The van der Waals surface area contributed by atoms with E-state index < -0.39 is 51.5 Å². The first kappa shape index (κ1) is 27.4. The summed E-state index contributed by atoms with van der Waals surface area (Å²) in [4.78, 5) is 39.9. The minimum absolute atomic E-state index is 0.0232. The number of nitrogens with zero attached hydrogens (tertiary/aromatic N) is 1. The highest BCUT2D eigenvalue weighted by Gasteiger charge is 2.54. The van der Waals surface area contributed by atoms with Crippen LogP contribution in [0.3, 0.4) is 0 Å². The summed E-state index contributed by atoms with van der Waals surface area (Å²) in [6, 6.07) is 11.9. The van der Waals surface area contributed by atoms with Crippen LogP contribution in [0, 0.1) is 11.3 Å². The van der Waals surface area contributed by atoms with E-state index in [1.54, 1.807) is 39.0 Å². The zero-order valence-corrected chi connectivity index (χ0v) is 21.8. The minimum Gasteiger partial charge on any atom is -0.468 e. The van der Waals surface area contributed by atoms with Gasteiger partial charge in [0.1, 0.15) is 5.60 Å². The van der Waals surface area contributed by atoms with Crippen LogP contribution in [0.25, 0.3) is 10.8 Å². The zero-order chi connectivity index (χ0) is 26.7. The number of fused-ring (bicyclic) bond motifs is 1. The molecule has 1 aliphatic rings. The van der Waals surface area contributed by atoms with Crippen molar-refractivity contribution < 1.29 is 32.3 Å². The Kier molecular flexibility index (Phi) is 7.94. The maximum atomic E-state index is 13.2. The van der Waals surface area contributed by atoms with Crippen LogP contribution in [0.2, 0.25) is 0 Å². The van der Waals surface area contributed by atoms with Gasteiger partial charge in [-0.2, -0.15) is 0 Å². The van der Waals surface area contributed by atoms with Crippen molar-refractivity contribution in [3.63, 3.8) is 0 Å². The van der Waals surface area contributed by atoms with Crippen LogP contribution >= 0.6 is 0 Å². The van der Waals surface area contributed by atoms with Gasteiger partial charge >= 0.3 is 12.1 Å². The van der Waals surface area contributed by atoms with E-state index >= 15 is 0 Å². The molecule has 0 aromatic heterocycles. The molecule has 11 heteroatoms. The van der Waals surface area contributed by atoms with Gasteiger partial charge in [-0.1, -0.05) is 30.3 Å². The predicted octanol–water partition coefficient (Wildman–Crippen LogP) is 2.41. The molecule has 0 radical (unpaired) electrons. The van der Waals surface area contributed by atoms with E-state index in [0.29, 0.717) is 19.4 Å². The topological polar surface area (TPSA) is 145 Å². The average Bonchev–Trinajstić information content (AvgIpc) is 2.82. The first-order valence-corrected chi connectivity index (χ1v) is 13.1. The summed E-state index contributed by atoms with van der Waals surface area (Å²) < 4.78 is 39.1. The van der Waals surface area contributed by atoms with Crippen molar-refractivity contribution in [2.75, 3.05) is 26.7 Å². The average molecular weight is 520 g/mol. The van der Waals surface area contributed by atoms with Crippen molar-refractivity contribution in [2.45, 2.75) is 44.1 Å². The molecule has 1 heterocycles. The van der Waals surface area contributed by atoms with Gasteiger partial charge in [0.25, 0.3) is 0 Å². The molecular formula is C25H33N3O7S. The summed E-state index contributed by atoms with van der Waals surface area (Å²) in [5.41, 5.74) is 2.97. The van der Waals surface area contributed by atoms with Crippen molar-refractivity contribution in [1.82, 2.24) is 9.62 Å². The molecule has 1 unspecified atom stereocenters. The van der Waals surface area contributed by atoms with Crippen LogP contribution in [0.4, 0.5) is 4.79 Å². The molecule has 0 bridgehead atoms. The second kappa shape index (κ2) is 10.4. The quantitative estimate of drug-likeness (QED) is 0.422. The third kappa shape index (κ3) is 5.79. The van der Waals surface area contributed by atoms with E-state index in [2.05, 4.69) is 4.72 Å². The summed E-state index contributed by atoms with van der Waals surface area (Å²) in [5, 5.41) is 1.58. The lowest BCUT2D eigenvalue weighted by Gasteiger charge is -2.41. The summed E-state index contributed by atoms with van der Waals surface area (Å²) in [7, 11) is -3.02. The Morgan fingerprint density at radius 2 is 1.78 bits per heavy atom. The van der Waals surface area contributed by atoms with Gasteiger partial charge in [0.15, 0.2) is 5.41 Å². The lowest BCUT2D eigenvalue weighted by molar-refractivity contribution is -0.163. The molecule has 2 aromatic carbocycles. The number of nitrogens with two attached hydrogens (primary N) is 1. The Bertz CT molecular complexity index is 1260. The molecular weight excluding hydrogens is 486 g/mol. The normalized spacial score (nSPS) is 18.3. The van der Waals surface area contributed by atoms with Gasteiger partial charge in [0.2, 0.25) is 15.9 Å². The molecule has 2 aromatic rings. The van der Waals surface area contributed by atoms with Gasteiger partial charge in [0, 0.05) is 25.6 Å². The number of likely N-dealkylation sites (tertiary alicyclic amines) is 1. The van der Waals surface area contributed by atoms with Crippen LogP contribution in [-0.2, 0) is 29.1 Å². The van der Waals surface area contributed by atoms with Crippen molar-refractivity contribution in [3.8, 4) is 0 Å². The van der Waals surface area contributed by atoms with Gasteiger partial charge < -0.3 is 20.1 Å². The van der Waals surface area contributed by atoms with Gasteiger partial charge in [0.05, 0.1) is 12.0 Å². The predicted molar refractivity (Wildman–Crippen MR) is 133 cm³/mol. The second-order valence-electron chi connectivity index (χ2n) is 9.93. The van der Waals surface area contributed by atoms with Crippen molar-refractivity contribution in [3.05, 3.63) is 42.5 Å². The monoisotopic (exact) mass is 519 g/mol. The molecule has 196 valence electrons. The third-order valence-corrected chi connectivity index (χ3v) is 7.73. The first-order valence-electron chi connectivity index (χ1n) is 11.6. The Morgan fingerprint density at radius 1 is 1.11 bits per heavy atom. The van der Waals surface area contributed by atoms with Crippen LogP contribution < -0.4 is 10.5 Å². The maximum Gasteiger partial charge on any atom is 0.410 e.